The van der Waals surface area contributed by atoms with Gasteiger partial charge in [0.15, 0.2) is 17.6 Å². The Morgan fingerprint density at radius 3 is 2.19 bits per heavy atom. The fourth-order valence-electron chi connectivity index (χ4n) is 3.02. The summed E-state index contributed by atoms with van der Waals surface area (Å²) in [4.78, 5) is 24.1. The number of benzene rings is 1. The number of amides is 1. The van der Waals surface area contributed by atoms with Crippen LogP contribution in [0.4, 0.5) is 0 Å². The van der Waals surface area contributed by atoms with Gasteiger partial charge in [-0.25, -0.2) is 4.79 Å². The van der Waals surface area contributed by atoms with Gasteiger partial charge in [0.25, 0.3) is 5.91 Å². The molecule has 0 saturated heterocycles. The molecule has 7 heteroatoms. The van der Waals surface area contributed by atoms with Gasteiger partial charge in [0, 0.05) is 12.1 Å². The van der Waals surface area contributed by atoms with Gasteiger partial charge >= 0.3 is 5.97 Å². The van der Waals surface area contributed by atoms with Crippen molar-refractivity contribution >= 4 is 18.0 Å². The van der Waals surface area contributed by atoms with Crippen molar-refractivity contribution in [3.05, 3.63) is 23.8 Å². The SMILES string of the molecule is COc1cc(C=CC(=O)OC(C)C(=O)NC2CCCC2)cc(OC)c1OC. The van der Waals surface area contributed by atoms with Crippen molar-refractivity contribution in [1.82, 2.24) is 5.32 Å². The quantitative estimate of drug-likeness (QED) is 0.554. The normalized spacial score (nSPS) is 15.4. The largest absolute Gasteiger partial charge is 0.493 e. The summed E-state index contributed by atoms with van der Waals surface area (Å²) in [5.74, 6) is 0.564. The molecule has 0 heterocycles. The number of hydrogen-bond donors (Lipinski definition) is 1. The van der Waals surface area contributed by atoms with Crippen molar-refractivity contribution in [3.63, 3.8) is 0 Å². The molecular formula is C20H27NO6. The molecule has 1 unspecified atom stereocenters. The van der Waals surface area contributed by atoms with Gasteiger partial charge in [-0.1, -0.05) is 12.8 Å². The fourth-order valence-corrected chi connectivity index (χ4v) is 3.02. The number of carbonyl (C=O) groups is 2. The predicted octanol–water partition coefficient (Wildman–Crippen LogP) is 2.72. The van der Waals surface area contributed by atoms with Crippen LogP contribution in [-0.4, -0.2) is 45.4 Å². The first-order valence-electron chi connectivity index (χ1n) is 8.97. The van der Waals surface area contributed by atoms with Crippen LogP contribution in [0.25, 0.3) is 6.08 Å². The molecule has 1 aliphatic carbocycles. The maximum absolute atomic E-state index is 12.1. The van der Waals surface area contributed by atoms with Crippen LogP contribution in [0, 0.1) is 0 Å². The number of nitrogens with one attached hydrogen (secondary N) is 1. The van der Waals surface area contributed by atoms with E-state index in [-0.39, 0.29) is 11.9 Å². The van der Waals surface area contributed by atoms with Gasteiger partial charge < -0.3 is 24.3 Å². The van der Waals surface area contributed by atoms with Crippen LogP contribution in [0.1, 0.15) is 38.2 Å². The first-order chi connectivity index (χ1) is 13.0. The topological polar surface area (TPSA) is 83.1 Å². The van der Waals surface area contributed by atoms with E-state index in [1.165, 1.54) is 27.4 Å². The molecule has 1 atom stereocenters. The van der Waals surface area contributed by atoms with Crippen LogP contribution in [0.2, 0.25) is 0 Å². The first-order valence-corrected chi connectivity index (χ1v) is 8.97. The Morgan fingerprint density at radius 1 is 1.07 bits per heavy atom. The number of carbonyl (C=O) groups excluding carboxylic acids is 2. The second kappa shape index (κ2) is 9.85. The van der Waals surface area contributed by atoms with E-state index in [2.05, 4.69) is 5.32 Å². The Kier molecular flexibility index (Phi) is 7.52. The van der Waals surface area contributed by atoms with Gasteiger partial charge in [-0.15, -0.1) is 0 Å². The van der Waals surface area contributed by atoms with Crippen LogP contribution in [-0.2, 0) is 14.3 Å². The number of esters is 1. The number of ether oxygens (including phenoxy) is 4. The van der Waals surface area contributed by atoms with Crippen LogP contribution in [0.15, 0.2) is 18.2 Å². The zero-order valence-electron chi connectivity index (χ0n) is 16.2. The van der Waals surface area contributed by atoms with Crippen molar-refractivity contribution in [2.45, 2.75) is 44.8 Å². The third-order valence-corrected chi connectivity index (χ3v) is 4.46. The van der Waals surface area contributed by atoms with E-state index in [4.69, 9.17) is 18.9 Å². The number of methoxy groups -OCH3 is 3. The Balaban J connectivity index is 1.98. The Hall–Kier alpha value is -2.70. The molecule has 1 aromatic carbocycles. The fraction of sp³-hybridized carbons (Fsp3) is 0.500. The lowest BCUT2D eigenvalue weighted by atomic mass is 10.1. The second-order valence-electron chi connectivity index (χ2n) is 6.36. The van der Waals surface area contributed by atoms with Crippen molar-refractivity contribution in [2.75, 3.05) is 21.3 Å². The number of hydrogen-bond acceptors (Lipinski definition) is 6. The third-order valence-electron chi connectivity index (χ3n) is 4.46. The molecule has 0 radical (unpaired) electrons. The summed E-state index contributed by atoms with van der Waals surface area (Å²) in [5, 5.41) is 2.91. The summed E-state index contributed by atoms with van der Waals surface area (Å²) in [5.41, 5.74) is 0.671. The summed E-state index contributed by atoms with van der Waals surface area (Å²) in [6.45, 7) is 1.56. The van der Waals surface area contributed by atoms with Crippen LogP contribution >= 0.6 is 0 Å². The maximum atomic E-state index is 12.1. The van der Waals surface area contributed by atoms with Gasteiger partial charge in [-0.3, -0.25) is 4.79 Å². The molecule has 0 spiro atoms. The van der Waals surface area contributed by atoms with E-state index in [9.17, 15) is 9.59 Å². The lowest BCUT2D eigenvalue weighted by molar-refractivity contribution is -0.150. The predicted molar refractivity (Wildman–Crippen MR) is 101 cm³/mol. The van der Waals surface area contributed by atoms with Crippen LogP contribution < -0.4 is 19.5 Å². The second-order valence-corrected chi connectivity index (χ2v) is 6.36. The summed E-state index contributed by atoms with van der Waals surface area (Å²) < 4.78 is 21.0. The summed E-state index contributed by atoms with van der Waals surface area (Å²) in [7, 11) is 4.55. The molecule has 0 aliphatic heterocycles. The van der Waals surface area contributed by atoms with Crippen molar-refractivity contribution < 1.29 is 28.5 Å². The Morgan fingerprint density at radius 2 is 1.67 bits per heavy atom. The van der Waals surface area contributed by atoms with Gasteiger partial charge in [-0.05, 0) is 43.5 Å². The van der Waals surface area contributed by atoms with Gasteiger partial charge in [-0.2, -0.15) is 0 Å². The molecule has 1 aromatic rings. The molecule has 0 aromatic heterocycles. The molecule has 1 fully saturated rings. The zero-order chi connectivity index (χ0) is 19.8. The van der Waals surface area contributed by atoms with E-state index in [0.717, 1.165) is 25.7 Å². The van der Waals surface area contributed by atoms with Crippen molar-refractivity contribution in [2.24, 2.45) is 0 Å². The highest BCUT2D eigenvalue weighted by Crippen LogP contribution is 2.38. The van der Waals surface area contributed by atoms with E-state index in [1.807, 2.05) is 0 Å². The molecule has 1 amide bonds. The Bertz CT molecular complexity index is 669. The monoisotopic (exact) mass is 377 g/mol. The summed E-state index contributed by atoms with van der Waals surface area (Å²) in [6, 6.07) is 3.61. The van der Waals surface area contributed by atoms with E-state index in [0.29, 0.717) is 22.8 Å². The molecular weight excluding hydrogens is 350 g/mol. The molecule has 1 aliphatic rings. The molecule has 1 saturated carbocycles. The summed E-state index contributed by atoms with van der Waals surface area (Å²) in [6.07, 6.45) is 6.19. The minimum absolute atomic E-state index is 0.188. The van der Waals surface area contributed by atoms with Crippen molar-refractivity contribution in [1.29, 1.82) is 0 Å². The average Bonchev–Trinajstić information content (AvgIpc) is 3.18. The first kappa shape index (κ1) is 20.6. The zero-order valence-corrected chi connectivity index (χ0v) is 16.2. The maximum Gasteiger partial charge on any atom is 0.331 e. The molecule has 1 N–H and O–H groups in total. The van der Waals surface area contributed by atoms with E-state index in [1.54, 1.807) is 25.1 Å². The van der Waals surface area contributed by atoms with Crippen molar-refractivity contribution in [3.8, 4) is 17.2 Å². The summed E-state index contributed by atoms with van der Waals surface area (Å²) >= 11 is 0. The van der Waals surface area contributed by atoms with E-state index < -0.39 is 12.1 Å². The molecule has 0 bridgehead atoms. The van der Waals surface area contributed by atoms with Gasteiger partial charge in [0.1, 0.15) is 0 Å². The standard InChI is InChI=1S/C20H27NO6/c1-13(20(23)21-15-7-5-6-8-15)27-18(22)10-9-14-11-16(24-2)19(26-4)17(12-14)25-3/h9-13,15H,5-8H2,1-4H3,(H,21,23). The molecule has 7 nitrogen and oxygen atoms in total. The average molecular weight is 377 g/mol. The van der Waals surface area contributed by atoms with E-state index >= 15 is 0 Å². The number of rotatable bonds is 8. The Labute approximate surface area is 159 Å². The molecule has 2 rings (SSSR count). The highest BCUT2D eigenvalue weighted by atomic mass is 16.5. The van der Waals surface area contributed by atoms with Crippen LogP contribution in [0.3, 0.4) is 0 Å². The third kappa shape index (κ3) is 5.64. The van der Waals surface area contributed by atoms with Gasteiger partial charge in [0.2, 0.25) is 5.75 Å². The highest BCUT2D eigenvalue weighted by Gasteiger charge is 2.22. The smallest absolute Gasteiger partial charge is 0.331 e. The minimum Gasteiger partial charge on any atom is -0.493 e. The minimum atomic E-state index is -0.845. The van der Waals surface area contributed by atoms with Gasteiger partial charge in [0.05, 0.1) is 21.3 Å². The molecule has 27 heavy (non-hydrogen) atoms. The van der Waals surface area contributed by atoms with Crippen LogP contribution in [0.5, 0.6) is 17.2 Å². The lowest BCUT2D eigenvalue weighted by Crippen LogP contribution is -2.40. The highest BCUT2D eigenvalue weighted by molar-refractivity contribution is 5.90. The lowest BCUT2D eigenvalue weighted by Gasteiger charge is -2.16. The molecule has 148 valence electrons.